The minimum Gasteiger partial charge on any atom is -0.341 e. The van der Waals surface area contributed by atoms with E-state index < -0.39 is 0 Å². The molecule has 3 rings (SSSR count). The first-order chi connectivity index (χ1) is 9.24. The minimum atomic E-state index is 0.196. The quantitative estimate of drug-likeness (QED) is 0.748. The van der Waals surface area contributed by atoms with Gasteiger partial charge in [0.1, 0.15) is 5.82 Å². The Hall–Kier alpha value is -1.17. The number of hydrogen-bond acceptors (Lipinski definition) is 3. The molecule has 1 unspecified atom stereocenters. The summed E-state index contributed by atoms with van der Waals surface area (Å²) in [6, 6.07) is 10.4. The summed E-state index contributed by atoms with van der Waals surface area (Å²) in [5.41, 5.74) is 2.10. The van der Waals surface area contributed by atoms with Crippen molar-refractivity contribution >= 4 is 38.3 Å². The Morgan fingerprint density at radius 1 is 1.37 bits per heavy atom. The van der Waals surface area contributed by atoms with E-state index in [1.165, 1.54) is 9.35 Å². The molecule has 0 saturated carbocycles. The predicted octanol–water partition coefficient (Wildman–Crippen LogP) is 4.24. The monoisotopic (exact) mass is 335 g/mol. The number of thiophene rings is 1. The van der Waals surface area contributed by atoms with Crippen LogP contribution >= 0.6 is 27.3 Å². The molecule has 1 aromatic carbocycles. The first-order valence-electron chi connectivity index (χ1n) is 6.14. The molecule has 0 aliphatic heterocycles. The number of rotatable bonds is 4. The number of benzene rings is 1. The van der Waals surface area contributed by atoms with Crippen molar-refractivity contribution in [3.05, 3.63) is 50.9 Å². The lowest BCUT2D eigenvalue weighted by Gasteiger charge is -2.10. The van der Waals surface area contributed by atoms with E-state index in [1.54, 1.807) is 11.3 Å². The molecule has 0 radical (unpaired) electrons. The summed E-state index contributed by atoms with van der Waals surface area (Å²) in [6.07, 6.45) is 0. The molecule has 0 fully saturated rings. The van der Waals surface area contributed by atoms with E-state index in [-0.39, 0.29) is 6.04 Å². The van der Waals surface area contributed by atoms with Gasteiger partial charge in [-0.1, -0.05) is 12.1 Å². The van der Waals surface area contributed by atoms with Crippen molar-refractivity contribution in [3.63, 3.8) is 0 Å². The minimum absolute atomic E-state index is 0.196. The maximum Gasteiger partial charge on any atom is 0.124 e. The summed E-state index contributed by atoms with van der Waals surface area (Å²) in [7, 11) is 0. The van der Waals surface area contributed by atoms with E-state index in [9.17, 15) is 0 Å². The second kappa shape index (κ2) is 5.45. The van der Waals surface area contributed by atoms with Gasteiger partial charge in [-0.25, -0.2) is 4.98 Å². The van der Waals surface area contributed by atoms with Crippen LogP contribution in [0, 0.1) is 0 Å². The van der Waals surface area contributed by atoms with Crippen molar-refractivity contribution in [1.29, 1.82) is 0 Å². The molecule has 2 N–H and O–H groups in total. The van der Waals surface area contributed by atoms with E-state index in [0.717, 1.165) is 23.4 Å². The first-order valence-corrected chi connectivity index (χ1v) is 7.81. The maximum atomic E-state index is 4.61. The Bertz CT molecular complexity index is 656. The average Bonchev–Trinajstić information content (AvgIpc) is 3.01. The molecule has 0 aliphatic carbocycles. The molecular weight excluding hydrogens is 322 g/mol. The van der Waals surface area contributed by atoms with Gasteiger partial charge in [-0.15, -0.1) is 11.3 Å². The SMILES string of the molecule is CC(NCc1sccc1Br)c1nc2ccccc2[nH]1. The fourth-order valence-corrected chi connectivity index (χ4v) is 3.41. The number of nitrogens with one attached hydrogen (secondary N) is 2. The topological polar surface area (TPSA) is 40.7 Å². The van der Waals surface area contributed by atoms with Crippen molar-refractivity contribution in [2.24, 2.45) is 0 Å². The largest absolute Gasteiger partial charge is 0.341 e. The van der Waals surface area contributed by atoms with E-state index in [4.69, 9.17) is 0 Å². The first kappa shape index (κ1) is 12.8. The third kappa shape index (κ3) is 2.73. The normalized spacial score (nSPS) is 12.9. The molecule has 0 aliphatic rings. The number of aromatic nitrogens is 2. The highest BCUT2D eigenvalue weighted by atomic mass is 79.9. The van der Waals surface area contributed by atoms with Crippen molar-refractivity contribution in [1.82, 2.24) is 15.3 Å². The van der Waals surface area contributed by atoms with E-state index in [0.29, 0.717) is 0 Å². The number of nitrogens with zero attached hydrogens (tertiary/aromatic N) is 1. The van der Waals surface area contributed by atoms with Crippen LogP contribution in [0.4, 0.5) is 0 Å². The molecule has 3 nitrogen and oxygen atoms in total. The molecule has 3 aromatic rings. The number of halogens is 1. The molecule has 0 spiro atoms. The third-order valence-corrected chi connectivity index (χ3v) is 5.00. The number of para-hydroxylation sites is 2. The van der Waals surface area contributed by atoms with E-state index >= 15 is 0 Å². The van der Waals surface area contributed by atoms with Crippen LogP contribution in [0.25, 0.3) is 11.0 Å². The highest BCUT2D eigenvalue weighted by Gasteiger charge is 2.11. The van der Waals surface area contributed by atoms with Crippen molar-refractivity contribution in [2.75, 3.05) is 0 Å². The summed E-state index contributed by atoms with van der Waals surface area (Å²) >= 11 is 5.30. The lowest BCUT2D eigenvalue weighted by molar-refractivity contribution is 0.555. The van der Waals surface area contributed by atoms with Crippen LogP contribution in [0.2, 0.25) is 0 Å². The van der Waals surface area contributed by atoms with Gasteiger partial charge in [0.2, 0.25) is 0 Å². The average molecular weight is 336 g/mol. The van der Waals surface area contributed by atoms with Crippen LogP contribution in [0.5, 0.6) is 0 Å². The molecular formula is C14H14BrN3S. The number of H-pyrrole nitrogens is 1. The van der Waals surface area contributed by atoms with Gasteiger partial charge in [0, 0.05) is 15.9 Å². The zero-order valence-corrected chi connectivity index (χ0v) is 12.9. The highest BCUT2D eigenvalue weighted by molar-refractivity contribution is 9.10. The molecule has 19 heavy (non-hydrogen) atoms. The van der Waals surface area contributed by atoms with Gasteiger partial charge < -0.3 is 10.3 Å². The Kier molecular flexibility index (Phi) is 3.68. The smallest absolute Gasteiger partial charge is 0.124 e. The van der Waals surface area contributed by atoms with Crippen molar-refractivity contribution in [2.45, 2.75) is 19.5 Å². The van der Waals surface area contributed by atoms with Gasteiger partial charge >= 0.3 is 0 Å². The molecule has 0 amide bonds. The van der Waals surface area contributed by atoms with Gasteiger partial charge in [-0.05, 0) is 46.4 Å². The van der Waals surface area contributed by atoms with Crippen LogP contribution in [-0.2, 0) is 6.54 Å². The molecule has 2 heterocycles. The molecule has 1 atom stereocenters. The van der Waals surface area contributed by atoms with Crippen molar-refractivity contribution in [3.8, 4) is 0 Å². The van der Waals surface area contributed by atoms with Gasteiger partial charge in [-0.3, -0.25) is 0 Å². The number of imidazole rings is 1. The summed E-state index contributed by atoms with van der Waals surface area (Å²) in [4.78, 5) is 9.28. The van der Waals surface area contributed by atoms with Crippen LogP contribution in [0.15, 0.2) is 40.2 Å². The second-order valence-corrected chi connectivity index (χ2v) is 6.29. The lowest BCUT2D eigenvalue weighted by atomic mass is 10.3. The molecule has 5 heteroatoms. The summed E-state index contributed by atoms with van der Waals surface area (Å²) in [6.45, 7) is 2.97. The Morgan fingerprint density at radius 2 is 2.21 bits per heavy atom. The summed E-state index contributed by atoms with van der Waals surface area (Å²) in [5, 5.41) is 5.58. The Balaban J connectivity index is 1.73. The maximum absolute atomic E-state index is 4.61. The second-order valence-electron chi connectivity index (χ2n) is 4.43. The number of fused-ring (bicyclic) bond motifs is 1. The van der Waals surface area contributed by atoms with Crippen LogP contribution in [-0.4, -0.2) is 9.97 Å². The van der Waals surface area contributed by atoms with Gasteiger partial charge in [0.05, 0.1) is 17.1 Å². The molecule has 0 bridgehead atoms. The lowest BCUT2D eigenvalue weighted by Crippen LogP contribution is -2.18. The summed E-state index contributed by atoms with van der Waals surface area (Å²) in [5.74, 6) is 0.980. The fourth-order valence-electron chi connectivity index (χ4n) is 1.97. The third-order valence-electron chi connectivity index (χ3n) is 3.08. The van der Waals surface area contributed by atoms with Gasteiger partial charge in [-0.2, -0.15) is 0 Å². The zero-order valence-electron chi connectivity index (χ0n) is 10.5. The van der Waals surface area contributed by atoms with Gasteiger partial charge in [0.25, 0.3) is 0 Å². The van der Waals surface area contributed by atoms with Crippen molar-refractivity contribution < 1.29 is 0 Å². The highest BCUT2D eigenvalue weighted by Crippen LogP contribution is 2.23. The standard InChI is InChI=1S/C14H14BrN3S/c1-9(16-8-13-10(15)6-7-19-13)14-17-11-4-2-3-5-12(11)18-14/h2-7,9,16H,8H2,1H3,(H,17,18). The zero-order chi connectivity index (χ0) is 13.2. The van der Waals surface area contributed by atoms with Gasteiger partial charge in [0.15, 0.2) is 0 Å². The van der Waals surface area contributed by atoms with E-state index in [1.807, 2.05) is 18.2 Å². The number of hydrogen-bond donors (Lipinski definition) is 2. The molecule has 2 aromatic heterocycles. The molecule has 0 saturated heterocycles. The Labute approximate surface area is 124 Å². The van der Waals surface area contributed by atoms with E-state index in [2.05, 4.69) is 55.7 Å². The summed E-state index contributed by atoms with van der Waals surface area (Å²) < 4.78 is 1.17. The van der Waals surface area contributed by atoms with Crippen LogP contribution in [0.3, 0.4) is 0 Å². The van der Waals surface area contributed by atoms with Crippen LogP contribution < -0.4 is 5.32 Å². The fraction of sp³-hybridized carbons (Fsp3) is 0.214. The predicted molar refractivity (Wildman–Crippen MR) is 83.4 cm³/mol. The Morgan fingerprint density at radius 3 is 2.95 bits per heavy atom. The molecule has 98 valence electrons. The number of aromatic amines is 1. The van der Waals surface area contributed by atoms with Crippen LogP contribution in [0.1, 0.15) is 23.7 Å².